The topological polar surface area (TPSA) is 91.4 Å². The fourth-order valence-electron chi connectivity index (χ4n) is 4.51. The number of furan rings is 1. The lowest BCUT2D eigenvalue weighted by molar-refractivity contribution is -0.138. The van der Waals surface area contributed by atoms with Crippen LogP contribution in [0.2, 0.25) is 0 Å². The number of fused-ring (bicyclic) bond motifs is 1. The van der Waals surface area contributed by atoms with Crippen LogP contribution in [-0.2, 0) is 11.3 Å². The van der Waals surface area contributed by atoms with Crippen LogP contribution in [0.4, 0.5) is 0 Å². The smallest absolute Gasteiger partial charge is 0.258 e. The Kier molecular flexibility index (Phi) is 5.79. The average molecular weight is 456 g/mol. The Hall–Kier alpha value is -2.98. The van der Waals surface area contributed by atoms with Crippen molar-refractivity contribution >= 4 is 28.1 Å². The number of piperazine rings is 1. The van der Waals surface area contributed by atoms with E-state index in [9.17, 15) is 14.4 Å². The molecule has 0 radical (unpaired) electrons. The van der Waals surface area contributed by atoms with Crippen LogP contribution in [-0.4, -0.2) is 75.2 Å². The van der Waals surface area contributed by atoms with Crippen molar-refractivity contribution in [2.24, 2.45) is 5.92 Å². The molecule has 3 aromatic heterocycles. The zero-order chi connectivity index (χ0) is 22.1. The molecule has 168 valence electrons. The van der Waals surface area contributed by atoms with Crippen molar-refractivity contribution in [3.63, 3.8) is 0 Å². The first-order chi connectivity index (χ1) is 15.6. The molecular formula is C22H25N5O4S. The summed E-state index contributed by atoms with van der Waals surface area (Å²) in [5.41, 5.74) is 1.23. The van der Waals surface area contributed by atoms with Gasteiger partial charge in [0, 0.05) is 63.5 Å². The minimum Gasteiger partial charge on any atom is -0.472 e. The summed E-state index contributed by atoms with van der Waals surface area (Å²) in [6, 6.07) is 3.25. The third-order valence-electron chi connectivity index (χ3n) is 6.25. The second kappa shape index (κ2) is 8.87. The molecule has 0 saturated carbocycles. The van der Waals surface area contributed by atoms with Crippen molar-refractivity contribution in [3.05, 3.63) is 57.8 Å². The number of piperidine rings is 1. The summed E-state index contributed by atoms with van der Waals surface area (Å²) in [6.07, 6.45) is 6.31. The first-order valence-electron chi connectivity index (χ1n) is 10.9. The molecule has 0 spiro atoms. The van der Waals surface area contributed by atoms with E-state index < -0.39 is 0 Å². The number of hydrogen-bond donors (Lipinski definition) is 0. The molecule has 2 saturated heterocycles. The molecular weight excluding hydrogens is 430 g/mol. The Morgan fingerprint density at radius 1 is 1.16 bits per heavy atom. The number of hydrogen-bond acceptors (Lipinski definition) is 7. The van der Waals surface area contributed by atoms with Crippen LogP contribution in [0.25, 0.3) is 4.96 Å². The predicted molar refractivity (Wildman–Crippen MR) is 119 cm³/mol. The van der Waals surface area contributed by atoms with Crippen LogP contribution in [0, 0.1) is 5.92 Å². The molecule has 0 bridgehead atoms. The normalized spacial score (nSPS) is 20.1. The maximum Gasteiger partial charge on any atom is 0.258 e. The molecule has 32 heavy (non-hydrogen) atoms. The lowest BCUT2D eigenvalue weighted by Gasteiger charge is -2.38. The summed E-state index contributed by atoms with van der Waals surface area (Å²) in [5, 5.41) is 1.85. The number of aromatic nitrogens is 2. The van der Waals surface area contributed by atoms with Crippen LogP contribution in [0.3, 0.4) is 0 Å². The number of nitrogens with zero attached hydrogens (tertiary/aromatic N) is 5. The summed E-state index contributed by atoms with van der Waals surface area (Å²) in [7, 11) is 0. The van der Waals surface area contributed by atoms with E-state index in [-0.39, 0.29) is 23.3 Å². The molecule has 0 aliphatic carbocycles. The molecule has 0 N–H and O–H groups in total. The monoisotopic (exact) mass is 455 g/mol. The summed E-state index contributed by atoms with van der Waals surface area (Å²) in [4.78, 5) is 49.1. The van der Waals surface area contributed by atoms with Crippen molar-refractivity contribution in [2.75, 3.05) is 39.3 Å². The Morgan fingerprint density at radius 2 is 2.00 bits per heavy atom. The minimum atomic E-state index is -0.158. The highest BCUT2D eigenvalue weighted by molar-refractivity contribution is 7.15. The van der Waals surface area contributed by atoms with Crippen LogP contribution in [0.1, 0.15) is 28.9 Å². The Bertz CT molecular complexity index is 1160. The van der Waals surface area contributed by atoms with Gasteiger partial charge in [0.25, 0.3) is 11.5 Å². The van der Waals surface area contributed by atoms with Crippen LogP contribution in [0.15, 0.2) is 45.4 Å². The van der Waals surface area contributed by atoms with Crippen molar-refractivity contribution in [1.82, 2.24) is 24.1 Å². The van der Waals surface area contributed by atoms with E-state index in [1.165, 1.54) is 23.9 Å². The molecule has 10 heteroatoms. The Labute approximate surface area is 188 Å². The number of amides is 2. The maximum absolute atomic E-state index is 13.1. The largest absolute Gasteiger partial charge is 0.472 e. The van der Waals surface area contributed by atoms with Gasteiger partial charge in [-0.05, 0) is 18.9 Å². The van der Waals surface area contributed by atoms with Gasteiger partial charge in [-0.2, -0.15) is 0 Å². The summed E-state index contributed by atoms with van der Waals surface area (Å²) >= 11 is 1.45. The van der Waals surface area contributed by atoms with Crippen LogP contribution >= 0.6 is 11.3 Å². The molecule has 2 aliphatic rings. The third-order valence-corrected chi connectivity index (χ3v) is 7.01. The SMILES string of the molecule is O=C(c1ccoc1)N1CCC[C@@H](C(=O)N2CCN(Cc3cc(=O)n4ccsc4n3)CC2)C1. The molecule has 5 rings (SSSR count). The zero-order valence-electron chi connectivity index (χ0n) is 17.7. The molecule has 0 unspecified atom stereocenters. The molecule has 0 aromatic carbocycles. The molecule has 2 fully saturated rings. The van der Waals surface area contributed by atoms with Gasteiger partial charge in [-0.15, -0.1) is 11.3 Å². The van der Waals surface area contributed by atoms with E-state index in [4.69, 9.17) is 4.42 Å². The fourth-order valence-corrected chi connectivity index (χ4v) is 5.25. The van der Waals surface area contributed by atoms with Gasteiger partial charge >= 0.3 is 0 Å². The quantitative estimate of drug-likeness (QED) is 0.593. The van der Waals surface area contributed by atoms with Gasteiger partial charge in [0.05, 0.1) is 23.4 Å². The van der Waals surface area contributed by atoms with Crippen molar-refractivity contribution < 1.29 is 14.0 Å². The lowest BCUT2D eigenvalue weighted by atomic mass is 9.95. The van der Waals surface area contributed by atoms with Crippen molar-refractivity contribution in [3.8, 4) is 0 Å². The lowest BCUT2D eigenvalue weighted by Crippen LogP contribution is -2.52. The maximum atomic E-state index is 13.1. The number of likely N-dealkylation sites (tertiary alicyclic amines) is 1. The first-order valence-corrected chi connectivity index (χ1v) is 11.7. The highest BCUT2D eigenvalue weighted by atomic mass is 32.1. The van der Waals surface area contributed by atoms with E-state index in [2.05, 4.69) is 9.88 Å². The summed E-state index contributed by atoms with van der Waals surface area (Å²) < 4.78 is 6.57. The number of carbonyl (C=O) groups excluding carboxylic acids is 2. The van der Waals surface area contributed by atoms with Gasteiger partial charge in [-0.25, -0.2) is 4.98 Å². The molecule has 2 amide bonds. The predicted octanol–water partition coefficient (Wildman–Crippen LogP) is 1.55. The molecule has 9 nitrogen and oxygen atoms in total. The Balaban J connectivity index is 1.16. The number of thiazole rings is 1. The molecule has 2 aliphatic heterocycles. The van der Waals surface area contributed by atoms with E-state index in [1.54, 1.807) is 27.6 Å². The highest BCUT2D eigenvalue weighted by Gasteiger charge is 2.33. The summed E-state index contributed by atoms with van der Waals surface area (Å²) in [6.45, 7) is 4.49. The number of carbonyl (C=O) groups is 2. The molecule has 3 aromatic rings. The molecule has 1 atom stereocenters. The van der Waals surface area contributed by atoms with Crippen molar-refractivity contribution in [2.45, 2.75) is 19.4 Å². The second-order valence-electron chi connectivity index (χ2n) is 8.35. The van der Waals surface area contributed by atoms with Gasteiger partial charge < -0.3 is 14.2 Å². The first kappa shape index (κ1) is 20.9. The van der Waals surface area contributed by atoms with Gasteiger partial charge in [0.1, 0.15) is 6.26 Å². The average Bonchev–Trinajstić information content (AvgIpc) is 3.51. The standard InChI is InChI=1S/C22H25N5O4S/c28-19-12-18(23-22-27(19)9-11-32-22)14-24-5-7-25(8-6-24)20(29)16-2-1-4-26(13-16)21(30)17-3-10-31-15-17/h3,9-12,15-16H,1-2,4-8,13-14H2/t16-/m1/s1. The summed E-state index contributed by atoms with van der Waals surface area (Å²) in [5.74, 6) is -0.105. The van der Waals surface area contributed by atoms with Gasteiger partial charge in [-0.1, -0.05) is 0 Å². The minimum absolute atomic E-state index is 0.0631. The zero-order valence-corrected chi connectivity index (χ0v) is 18.5. The molecule has 5 heterocycles. The highest BCUT2D eigenvalue weighted by Crippen LogP contribution is 2.22. The van der Waals surface area contributed by atoms with E-state index in [1.807, 2.05) is 10.3 Å². The second-order valence-corrected chi connectivity index (χ2v) is 9.22. The van der Waals surface area contributed by atoms with Gasteiger partial charge in [0.15, 0.2) is 4.96 Å². The third kappa shape index (κ3) is 4.20. The van der Waals surface area contributed by atoms with Gasteiger partial charge in [-0.3, -0.25) is 23.7 Å². The van der Waals surface area contributed by atoms with E-state index in [0.717, 1.165) is 31.6 Å². The van der Waals surface area contributed by atoms with E-state index >= 15 is 0 Å². The fraction of sp³-hybridized carbons (Fsp3) is 0.455. The van der Waals surface area contributed by atoms with Crippen LogP contribution in [0.5, 0.6) is 0 Å². The van der Waals surface area contributed by atoms with E-state index in [0.29, 0.717) is 43.2 Å². The van der Waals surface area contributed by atoms with Crippen LogP contribution < -0.4 is 5.56 Å². The van der Waals surface area contributed by atoms with Gasteiger partial charge in [0.2, 0.25) is 5.91 Å². The van der Waals surface area contributed by atoms with Crippen molar-refractivity contribution in [1.29, 1.82) is 0 Å². The number of rotatable bonds is 4. The Morgan fingerprint density at radius 3 is 2.78 bits per heavy atom.